The molecule has 30 heavy (non-hydrogen) atoms. The fraction of sp³-hybridized carbons (Fsp3) is 0.636. The van der Waals surface area contributed by atoms with Gasteiger partial charge in [-0.05, 0) is 40.2 Å². The molecule has 168 valence electrons. The van der Waals surface area contributed by atoms with Crippen LogP contribution in [0.5, 0.6) is 0 Å². The molecule has 1 saturated heterocycles. The Morgan fingerprint density at radius 3 is 2.50 bits per heavy atom. The highest BCUT2D eigenvalue weighted by molar-refractivity contribution is 5.86. The van der Waals surface area contributed by atoms with E-state index >= 15 is 0 Å². The third-order valence-corrected chi connectivity index (χ3v) is 4.68. The van der Waals surface area contributed by atoms with Crippen LogP contribution in [0.25, 0.3) is 0 Å². The Bertz CT molecular complexity index is 691. The minimum atomic E-state index is -0.767. The number of nitrogens with zero attached hydrogens (tertiary/aromatic N) is 1. The van der Waals surface area contributed by atoms with Crippen molar-refractivity contribution < 1.29 is 28.9 Å². The van der Waals surface area contributed by atoms with E-state index < -0.39 is 30.1 Å². The number of hydrogen-bond donors (Lipinski definition) is 2. The lowest BCUT2D eigenvalue weighted by Crippen LogP contribution is -2.48. The molecule has 0 radical (unpaired) electrons. The van der Waals surface area contributed by atoms with E-state index in [4.69, 9.17) is 14.2 Å². The summed E-state index contributed by atoms with van der Waals surface area (Å²) in [6, 6.07) is 7.87. The van der Waals surface area contributed by atoms with Crippen molar-refractivity contribution in [3.8, 4) is 0 Å². The van der Waals surface area contributed by atoms with E-state index in [1.165, 1.54) is 4.90 Å². The number of carbonyl (C=O) groups excluding carboxylic acids is 2. The van der Waals surface area contributed by atoms with E-state index in [9.17, 15) is 14.7 Å². The first-order valence-electron chi connectivity index (χ1n) is 10.4. The standard InChI is InChI=1S/C22H34N2O6/c1-6-28-15(2)29-17-12-19(24(13-17)21(27)30-22(3,4)5)20(26)23-18(14-25)16-10-8-7-9-11-16/h7-11,15,17-19,25H,6,12-14H2,1-5H3,(H,23,26)/t15?,17-,18-,19+/m1/s1. The summed E-state index contributed by atoms with van der Waals surface area (Å²) in [6.07, 6.45) is -1.07. The predicted molar refractivity (Wildman–Crippen MR) is 112 cm³/mol. The van der Waals surface area contributed by atoms with Gasteiger partial charge in [-0.2, -0.15) is 0 Å². The minimum Gasteiger partial charge on any atom is -0.444 e. The quantitative estimate of drug-likeness (QED) is 0.625. The van der Waals surface area contributed by atoms with Gasteiger partial charge < -0.3 is 24.6 Å². The summed E-state index contributed by atoms with van der Waals surface area (Å²) in [5.41, 5.74) is 0.0980. The second-order valence-corrected chi connectivity index (χ2v) is 8.32. The van der Waals surface area contributed by atoms with Gasteiger partial charge in [0.05, 0.1) is 25.3 Å². The van der Waals surface area contributed by atoms with Crippen molar-refractivity contribution in [1.29, 1.82) is 0 Å². The number of aliphatic hydroxyl groups is 1. The van der Waals surface area contributed by atoms with Gasteiger partial charge in [0.15, 0.2) is 6.29 Å². The van der Waals surface area contributed by atoms with Gasteiger partial charge in [-0.15, -0.1) is 0 Å². The van der Waals surface area contributed by atoms with Crippen LogP contribution in [-0.2, 0) is 19.0 Å². The average molecular weight is 423 g/mol. The summed E-state index contributed by atoms with van der Waals surface area (Å²) in [5, 5.41) is 12.6. The molecule has 1 fully saturated rings. The molecule has 1 unspecified atom stereocenters. The van der Waals surface area contributed by atoms with Crippen molar-refractivity contribution in [2.75, 3.05) is 19.8 Å². The first-order valence-corrected chi connectivity index (χ1v) is 10.4. The van der Waals surface area contributed by atoms with Gasteiger partial charge in [0.25, 0.3) is 0 Å². The Hall–Kier alpha value is -2.16. The molecule has 2 rings (SSSR count). The highest BCUT2D eigenvalue weighted by Crippen LogP contribution is 2.25. The van der Waals surface area contributed by atoms with Crippen LogP contribution in [0, 0.1) is 0 Å². The van der Waals surface area contributed by atoms with Crippen molar-refractivity contribution in [2.24, 2.45) is 0 Å². The smallest absolute Gasteiger partial charge is 0.411 e. The predicted octanol–water partition coefficient (Wildman–Crippen LogP) is 2.61. The molecule has 1 aliphatic rings. The van der Waals surface area contributed by atoms with Crippen LogP contribution < -0.4 is 5.32 Å². The van der Waals surface area contributed by atoms with Crippen LogP contribution in [-0.4, -0.2) is 65.8 Å². The number of likely N-dealkylation sites (tertiary alicyclic amines) is 1. The first kappa shape index (κ1) is 24.1. The number of nitrogens with one attached hydrogen (secondary N) is 1. The normalized spacial score (nSPS) is 21.2. The van der Waals surface area contributed by atoms with Gasteiger partial charge in [-0.3, -0.25) is 9.69 Å². The van der Waals surface area contributed by atoms with Crippen LogP contribution in [0.15, 0.2) is 30.3 Å². The molecule has 4 atom stereocenters. The van der Waals surface area contributed by atoms with Crippen molar-refractivity contribution >= 4 is 12.0 Å². The third-order valence-electron chi connectivity index (χ3n) is 4.68. The summed E-state index contributed by atoms with van der Waals surface area (Å²) < 4.78 is 16.8. The van der Waals surface area contributed by atoms with E-state index in [0.717, 1.165) is 5.56 Å². The van der Waals surface area contributed by atoms with E-state index in [0.29, 0.717) is 13.0 Å². The summed E-state index contributed by atoms with van der Waals surface area (Å²) >= 11 is 0. The fourth-order valence-electron chi connectivity index (χ4n) is 3.40. The lowest BCUT2D eigenvalue weighted by Gasteiger charge is -2.29. The Morgan fingerprint density at radius 1 is 1.27 bits per heavy atom. The van der Waals surface area contributed by atoms with Crippen molar-refractivity contribution in [3.63, 3.8) is 0 Å². The molecule has 0 bridgehead atoms. The van der Waals surface area contributed by atoms with Crippen LogP contribution in [0.3, 0.4) is 0 Å². The number of aliphatic hydroxyl groups excluding tert-OH is 1. The van der Waals surface area contributed by atoms with Gasteiger partial charge >= 0.3 is 6.09 Å². The topological polar surface area (TPSA) is 97.3 Å². The number of amides is 2. The number of hydrogen-bond acceptors (Lipinski definition) is 6. The maximum Gasteiger partial charge on any atom is 0.411 e. The van der Waals surface area contributed by atoms with Gasteiger partial charge in [-0.25, -0.2) is 4.79 Å². The van der Waals surface area contributed by atoms with Gasteiger partial charge in [0.1, 0.15) is 11.6 Å². The molecule has 8 nitrogen and oxygen atoms in total. The molecule has 1 aromatic carbocycles. The molecule has 0 saturated carbocycles. The summed E-state index contributed by atoms with van der Waals surface area (Å²) in [5.74, 6) is -0.362. The average Bonchev–Trinajstić information content (AvgIpc) is 3.09. The third kappa shape index (κ3) is 6.97. The highest BCUT2D eigenvalue weighted by atomic mass is 16.7. The highest BCUT2D eigenvalue weighted by Gasteiger charge is 2.43. The van der Waals surface area contributed by atoms with E-state index in [-0.39, 0.29) is 25.2 Å². The lowest BCUT2D eigenvalue weighted by atomic mass is 10.1. The summed E-state index contributed by atoms with van der Waals surface area (Å²) in [6.45, 7) is 9.45. The van der Waals surface area contributed by atoms with Crippen molar-refractivity contribution in [2.45, 2.75) is 71.1 Å². The molecule has 0 aromatic heterocycles. The Balaban J connectivity index is 2.14. The summed E-state index contributed by atoms with van der Waals surface area (Å²) in [4.78, 5) is 27.2. The fourth-order valence-corrected chi connectivity index (χ4v) is 3.40. The maximum atomic E-state index is 13.1. The van der Waals surface area contributed by atoms with Gasteiger partial charge in [0, 0.05) is 13.0 Å². The zero-order chi connectivity index (χ0) is 22.3. The molecule has 0 aliphatic carbocycles. The molecule has 2 amide bonds. The zero-order valence-electron chi connectivity index (χ0n) is 18.5. The molecule has 2 N–H and O–H groups in total. The lowest BCUT2D eigenvalue weighted by molar-refractivity contribution is -0.154. The summed E-state index contributed by atoms with van der Waals surface area (Å²) in [7, 11) is 0. The molecule has 1 aliphatic heterocycles. The van der Waals surface area contributed by atoms with Crippen LogP contribution in [0.4, 0.5) is 4.79 Å². The molecule has 1 heterocycles. The van der Waals surface area contributed by atoms with Crippen LogP contribution in [0.1, 0.15) is 52.6 Å². The number of rotatable bonds is 8. The van der Waals surface area contributed by atoms with Crippen LogP contribution >= 0.6 is 0 Å². The Morgan fingerprint density at radius 2 is 1.93 bits per heavy atom. The number of carbonyl (C=O) groups is 2. The van der Waals surface area contributed by atoms with Crippen molar-refractivity contribution in [3.05, 3.63) is 35.9 Å². The van der Waals surface area contributed by atoms with Crippen LogP contribution in [0.2, 0.25) is 0 Å². The van der Waals surface area contributed by atoms with E-state index in [1.54, 1.807) is 27.7 Å². The zero-order valence-corrected chi connectivity index (χ0v) is 18.5. The Kier molecular flexibility index (Phi) is 8.64. The largest absolute Gasteiger partial charge is 0.444 e. The van der Waals surface area contributed by atoms with Crippen molar-refractivity contribution in [1.82, 2.24) is 10.2 Å². The molecule has 8 heteroatoms. The first-order chi connectivity index (χ1) is 14.1. The maximum absolute atomic E-state index is 13.1. The molecule has 0 spiro atoms. The monoisotopic (exact) mass is 422 g/mol. The van der Waals surface area contributed by atoms with Gasteiger partial charge in [-0.1, -0.05) is 30.3 Å². The molecular weight excluding hydrogens is 388 g/mol. The van der Waals surface area contributed by atoms with Gasteiger partial charge in [0.2, 0.25) is 5.91 Å². The number of ether oxygens (including phenoxy) is 3. The second-order valence-electron chi connectivity index (χ2n) is 8.32. The SMILES string of the molecule is CCOC(C)O[C@@H]1C[C@@H](C(=O)N[C@H](CO)c2ccccc2)N(C(=O)OC(C)(C)C)C1. The minimum absolute atomic E-state index is 0.222. The van der Waals surface area contributed by atoms with E-state index in [2.05, 4.69) is 5.32 Å². The molecular formula is C22H34N2O6. The Labute approximate surface area is 178 Å². The number of benzene rings is 1. The second kappa shape index (κ2) is 10.7. The van der Waals surface area contributed by atoms with E-state index in [1.807, 2.05) is 37.3 Å². The molecule has 1 aromatic rings.